The summed E-state index contributed by atoms with van der Waals surface area (Å²) in [5, 5.41) is 3.92. The van der Waals surface area contributed by atoms with E-state index in [0.717, 1.165) is 12.1 Å². The maximum Gasteiger partial charge on any atom is 0.371 e. The molecule has 1 fully saturated rings. The van der Waals surface area contributed by atoms with Gasteiger partial charge in [0.05, 0.1) is 14.2 Å². The summed E-state index contributed by atoms with van der Waals surface area (Å²) < 4.78 is 77.1. The van der Waals surface area contributed by atoms with Crippen molar-refractivity contribution in [1.29, 1.82) is 0 Å². The molecule has 9 nitrogen and oxygen atoms in total. The molecule has 1 aliphatic rings. The fourth-order valence-corrected chi connectivity index (χ4v) is 4.32. The van der Waals surface area contributed by atoms with Gasteiger partial charge >= 0.3 is 6.18 Å². The molecule has 3 aromatic rings. The van der Waals surface area contributed by atoms with Crippen LogP contribution in [-0.2, 0) is 4.79 Å². The van der Waals surface area contributed by atoms with Crippen LogP contribution in [0, 0.1) is 11.6 Å². The fourth-order valence-electron chi connectivity index (χ4n) is 4.32. The van der Waals surface area contributed by atoms with Gasteiger partial charge < -0.3 is 30.3 Å². The molecule has 1 amide bonds. The van der Waals surface area contributed by atoms with E-state index in [-0.39, 0.29) is 66.8 Å². The van der Waals surface area contributed by atoms with E-state index in [1.54, 1.807) is 4.90 Å². The number of nitrogens with two attached hydrogens (primary N) is 1. The van der Waals surface area contributed by atoms with Gasteiger partial charge in [-0.2, -0.15) is 18.2 Å². The number of rotatable bonds is 8. The smallest absolute Gasteiger partial charge is 0.371 e. The van der Waals surface area contributed by atoms with Gasteiger partial charge in [0.2, 0.25) is 11.9 Å². The van der Waals surface area contributed by atoms with Crippen LogP contribution < -0.4 is 20.1 Å². The van der Waals surface area contributed by atoms with Crippen LogP contribution >= 0.6 is 0 Å². The van der Waals surface area contributed by atoms with Crippen molar-refractivity contribution in [2.75, 3.05) is 57.6 Å². The van der Waals surface area contributed by atoms with Crippen molar-refractivity contribution >= 4 is 28.6 Å². The molecule has 1 atom stereocenters. The molecule has 1 unspecified atom stereocenters. The lowest BCUT2D eigenvalue weighted by Gasteiger charge is -2.38. The van der Waals surface area contributed by atoms with Crippen LogP contribution in [0.25, 0.3) is 16.2 Å². The van der Waals surface area contributed by atoms with Gasteiger partial charge in [0, 0.05) is 38.0 Å². The molecule has 1 saturated heterocycles. The Morgan fingerprint density at radius 2 is 1.74 bits per heavy atom. The second-order valence-corrected chi connectivity index (χ2v) is 8.83. The molecule has 39 heavy (non-hydrogen) atoms. The van der Waals surface area contributed by atoms with Crippen LogP contribution in [0.5, 0.6) is 11.5 Å². The highest BCUT2D eigenvalue weighted by atomic mass is 19.4. The molecule has 0 saturated carbocycles. The number of anilines is 2. The number of alkyl halides is 3. The number of amides is 1. The van der Waals surface area contributed by atoms with Crippen LogP contribution in [-0.4, -0.2) is 73.9 Å². The molecule has 210 valence electrons. The highest BCUT2D eigenvalue weighted by Gasteiger charge is 2.27. The molecule has 2 N–H and O–H groups in total. The summed E-state index contributed by atoms with van der Waals surface area (Å²) in [5.74, 6) is -1.52. The lowest BCUT2D eigenvalue weighted by molar-refractivity contribution is -0.132. The molecular weight excluding hydrogens is 527 g/mol. The number of methoxy groups -OCH3 is 2. The Hall–Kier alpha value is -3.94. The van der Waals surface area contributed by atoms with Crippen LogP contribution in [0.3, 0.4) is 0 Å². The van der Waals surface area contributed by atoms with Crippen molar-refractivity contribution in [2.24, 2.45) is 0 Å². The number of halogens is 5. The number of piperazine rings is 1. The van der Waals surface area contributed by atoms with Gasteiger partial charge in [-0.1, -0.05) is 17.7 Å². The molecule has 2 aromatic carbocycles. The van der Waals surface area contributed by atoms with E-state index in [4.69, 9.17) is 15.2 Å². The van der Waals surface area contributed by atoms with E-state index < -0.39 is 36.3 Å². The molecule has 4 rings (SSSR count). The first-order chi connectivity index (χ1) is 18.5. The quantitative estimate of drug-likeness (QED) is 0.416. The van der Waals surface area contributed by atoms with E-state index in [1.807, 2.05) is 0 Å². The number of hydrogen-bond acceptors (Lipinski definition) is 7. The second kappa shape index (κ2) is 11.4. The van der Waals surface area contributed by atoms with Gasteiger partial charge in [-0.3, -0.25) is 4.79 Å². The summed E-state index contributed by atoms with van der Waals surface area (Å²) >= 11 is 0. The predicted molar refractivity (Wildman–Crippen MR) is 134 cm³/mol. The minimum atomic E-state index is -4.54. The molecule has 2 heterocycles. The number of benzene rings is 2. The average Bonchev–Trinajstić information content (AvgIpc) is 2.91. The topological polar surface area (TPSA) is 108 Å². The lowest BCUT2D eigenvalue weighted by Crippen LogP contribution is -2.49. The number of carbonyl (C=O) groups excluding carboxylic acids is 1. The predicted octanol–water partition coefficient (Wildman–Crippen LogP) is 4.22. The first-order valence-electron chi connectivity index (χ1n) is 11.9. The van der Waals surface area contributed by atoms with Crippen molar-refractivity contribution in [2.45, 2.75) is 18.6 Å². The standard InChI is InChI=1S/C25H26F5N6O3/c1-38-18-11-16-21(20(27)22(18)39-2)33-24(34-23(16)31)36-9-7-35(8-10-36)19(37)12-17(32-13-25(28,29)30)14-3-5-15(26)6-4-14/h3-6,11,17H,7-10,12-13H2,1-2H3,(H2,31,33,34)/q-1. The number of ether oxygens (including phenoxy) is 2. The number of hydrogen-bond donors (Lipinski definition) is 1. The van der Waals surface area contributed by atoms with Crippen molar-refractivity contribution < 1.29 is 36.2 Å². The maximum absolute atomic E-state index is 15.1. The highest BCUT2D eigenvalue weighted by molar-refractivity contribution is 5.92. The fraction of sp³-hybridized carbons (Fsp3) is 0.400. The Balaban J connectivity index is 1.47. The highest BCUT2D eigenvalue weighted by Crippen LogP contribution is 2.38. The molecule has 0 radical (unpaired) electrons. The summed E-state index contributed by atoms with van der Waals surface area (Å²) in [6, 6.07) is 5.24. The van der Waals surface area contributed by atoms with E-state index in [0.29, 0.717) is 5.56 Å². The second-order valence-electron chi connectivity index (χ2n) is 8.83. The zero-order valence-electron chi connectivity index (χ0n) is 21.1. The maximum atomic E-state index is 15.1. The molecule has 1 aliphatic heterocycles. The Kier molecular flexibility index (Phi) is 8.23. The summed E-state index contributed by atoms with van der Waals surface area (Å²) in [4.78, 5) is 24.8. The number of nitrogen functional groups attached to an aromatic ring is 1. The van der Waals surface area contributed by atoms with Crippen LogP contribution in [0.15, 0.2) is 30.3 Å². The van der Waals surface area contributed by atoms with Gasteiger partial charge in [-0.05, 0) is 24.7 Å². The molecule has 14 heteroatoms. The lowest BCUT2D eigenvalue weighted by atomic mass is 10.0. The third-order valence-electron chi connectivity index (χ3n) is 6.32. The Morgan fingerprint density at radius 1 is 1.08 bits per heavy atom. The Morgan fingerprint density at radius 3 is 2.33 bits per heavy atom. The molecule has 0 spiro atoms. The minimum absolute atomic E-state index is 0.0294. The largest absolute Gasteiger partial charge is 0.648 e. The van der Waals surface area contributed by atoms with E-state index in [2.05, 4.69) is 15.3 Å². The zero-order valence-corrected chi connectivity index (χ0v) is 21.1. The summed E-state index contributed by atoms with van der Waals surface area (Å²) in [7, 11) is 2.66. The van der Waals surface area contributed by atoms with E-state index >= 15 is 4.39 Å². The number of carbonyl (C=O) groups is 1. The first kappa shape index (κ1) is 28.1. The van der Waals surface area contributed by atoms with Crippen LogP contribution in [0.4, 0.5) is 33.7 Å². The minimum Gasteiger partial charge on any atom is -0.648 e. The first-order valence-corrected chi connectivity index (χ1v) is 11.9. The number of fused-ring (bicyclic) bond motifs is 1. The van der Waals surface area contributed by atoms with E-state index in [9.17, 15) is 22.4 Å². The van der Waals surface area contributed by atoms with Crippen molar-refractivity contribution in [3.05, 3.63) is 52.8 Å². The molecule has 0 bridgehead atoms. The van der Waals surface area contributed by atoms with Gasteiger partial charge in [0.25, 0.3) is 0 Å². The summed E-state index contributed by atoms with van der Waals surface area (Å²) in [5.41, 5.74) is 6.34. The van der Waals surface area contributed by atoms with Crippen LogP contribution in [0.2, 0.25) is 0 Å². The third-order valence-corrected chi connectivity index (χ3v) is 6.32. The molecular formula is C25H26F5N6O3-. The van der Waals surface area contributed by atoms with Gasteiger partial charge in [-0.25, -0.2) is 13.8 Å². The summed E-state index contributed by atoms with van der Waals surface area (Å²) in [6.45, 7) is -0.461. The Labute approximate surface area is 220 Å². The number of nitrogens with zero attached hydrogens (tertiary/aromatic N) is 5. The Bertz CT molecular complexity index is 1330. The van der Waals surface area contributed by atoms with Gasteiger partial charge in [0.1, 0.15) is 17.2 Å². The normalized spacial score (nSPS) is 14.9. The average molecular weight is 554 g/mol. The van der Waals surface area contributed by atoms with Gasteiger partial charge in [0.15, 0.2) is 17.3 Å². The van der Waals surface area contributed by atoms with Crippen LogP contribution in [0.1, 0.15) is 18.0 Å². The molecule has 0 aliphatic carbocycles. The van der Waals surface area contributed by atoms with Crippen molar-refractivity contribution in [3.8, 4) is 11.5 Å². The van der Waals surface area contributed by atoms with Crippen molar-refractivity contribution in [1.82, 2.24) is 14.9 Å². The number of aromatic nitrogens is 2. The zero-order chi connectivity index (χ0) is 28.3. The van der Waals surface area contributed by atoms with Gasteiger partial charge in [-0.15, -0.1) is 6.04 Å². The SMILES string of the molecule is COc1cc2c(N)nc(N3CCN(C(=O)CC([N-]CC(F)(F)F)c4ccc(F)cc4)CC3)nc2c(F)c1OC. The monoisotopic (exact) mass is 553 g/mol. The summed E-state index contributed by atoms with van der Waals surface area (Å²) in [6.07, 6.45) is -4.85. The third kappa shape index (κ3) is 6.38. The van der Waals surface area contributed by atoms with Crippen molar-refractivity contribution in [3.63, 3.8) is 0 Å². The molecule has 1 aromatic heterocycles. The van der Waals surface area contributed by atoms with E-state index in [1.165, 1.54) is 37.3 Å².